The highest BCUT2D eigenvalue weighted by molar-refractivity contribution is 7.25. The van der Waals surface area contributed by atoms with Crippen LogP contribution in [0.25, 0.3) is 170 Å². The van der Waals surface area contributed by atoms with Crippen molar-refractivity contribution in [1.82, 2.24) is 19.5 Å². The van der Waals surface area contributed by atoms with Crippen LogP contribution in [0.2, 0.25) is 0 Å². The fourth-order valence-electron chi connectivity index (χ4n) is 12.0. The van der Waals surface area contributed by atoms with E-state index in [0.29, 0.717) is 17.5 Å². The third kappa shape index (κ3) is 6.40. The van der Waals surface area contributed by atoms with Crippen LogP contribution in [-0.4, -0.2) is 19.5 Å². The van der Waals surface area contributed by atoms with E-state index >= 15 is 0 Å². The molecule has 0 saturated carbocycles. The summed E-state index contributed by atoms with van der Waals surface area (Å²) in [6.07, 6.45) is 0. The van der Waals surface area contributed by atoms with Gasteiger partial charge in [0.25, 0.3) is 0 Å². The molecule has 17 rings (SSSR count). The summed E-state index contributed by atoms with van der Waals surface area (Å²) in [5, 5.41) is 10.8. The molecular weight excluding hydrogens is 965 g/mol. The quantitative estimate of drug-likeness (QED) is 0.165. The average Bonchev–Trinajstić information content (AvgIpc) is 4.42. The molecule has 0 fully saturated rings. The summed E-state index contributed by atoms with van der Waals surface area (Å²) in [6, 6.07) is 80.9. The lowest BCUT2D eigenvalue weighted by atomic mass is 9.96. The highest BCUT2D eigenvalue weighted by atomic mass is 32.1. The first-order chi connectivity index (χ1) is 38.1. The van der Waals surface area contributed by atoms with E-state index in [-0.39, 0.29) is 0 Å². The van der Waals surface area contributed by atoms with E-state index in [4.69, 9.17) is 28.2 Å². The fraction of sp³-hybridized carbons (Fsp3) is 0. The Bertz CT molecular complexity index is 5310. The number of rotatable bonds is 6. The minimum atomic E-state index is 0.546. The van der Waals surface area contributed by atoms with Crippen LogP contribution in [0.1, 0.15) is 0 Å². The zero-order valence-electron chi connectivity index (χ0n) is 40.9. The summed E-state index contributed by atoms with van der Waals surface area (Å²) in [5.74, 6) is 1.68. The second-order valence-corrected chi connectivity index (χ2v) is 20.9. The van der Waals surface area contributed by atoms with Crippen molar-refractivity contribution < 1.29 is 13.3 Å². The molecule has 0 saturated heterocycles. The van der Waals surface area contributed by atoms with E-state index in [1.165, 1.54) is 36.6 Å². The summed E-state index contributed by atoms with van der Waals surface area (Å²) < 4.78 is 24.6. The number of benzene rings is 11. The van der Waals surface area contributed by atoms with Crippen molar-refractivity contribution >= 4 is 119 Å². The Morgan fingerprint density at radius 3 is 1.69 bits per heavy atom. The van der Waals surface area contributed by atoms with Crippen molar-refractivity contribution in [2.24, 2.45) is 0 Å². The van der Waals surface area contributed by atoms with Crippen LogP contribution < -0.4 is 0 Å². The lowest BCUT2D eigenvalue weighted by molar-refractivity contribution is 0.668. The summed E-state index contributed by atoms with van der Waals surface area (Å²) in [5.41, 5.74) is 15.2. The second kappa shape index (κ2) is 16.2. The third-order valence-electron chi connectivity index (χ3n) is 15.5. The summed E-state index contributed by atoms with van der Waals surface area (Å²) in [7, 11) is 0. The van der Waals surface area contributed by atoms with Crippen LogP contribution in [0.15, 0.2) is 244 Å². The molecular formula is C69H38N4O3S. The van der Waals surface area contributed by atoms with E-state index in [0.717, 1.165) is 116 Å². The Morgan fingerprint density at radius 1 is 0.286 bits per heavy atom. The van der Waals surface area contributed by atoms with Gasteiger partial charge in [-0.05, 0) is 119 Å². The molecule has 0 atom stereocenters. The van der Waals surface area contributed by atoms with Crippen molar-refractivity contribution in [2.45, 2.75) is 0 Å². The van der Waals surface area contributed by atoms with Gasteiger partial charge in [0.05, 0.1) is 11.0 Å². The predicted molar refractivity (Wildman–Crippen MR) is 316 cm³/mol. The van der Waals surface area contributed by atoms with Crippen LogP contribution >= 0.6 is 11.3 Å². The van der Waals surface area contributed by atoms with Gasteiger partial charge in [-0.25, -0.2) is 15.0 Å². The zero-order chi connectivity index (χ0) is 50.3. The number of hydrogen-bond acceptors (Lipinski definition) is 7. The first-order valence-corrected chi connectivity index (χ1v) is 26.5. The molecule has 0 radical (unpaired) electrons. The molecule has 77 heavy (non-hydrogen) atoms. The van der Waals surface area contributed by atoms with Crippen molar-refractivity contribution in [3.63, 3.8) is 0 Å². The molecule has 8 heteroatoms. The predicted octanol–water partition coefficient (Wildman–Crippen LogP) is 19.4. The lowest BCUT2D eigenvalue weighted by Crippen LogP contribution is -2.00. The first kappa shape index (κ1) is 42.2. The number of fused-ring (bicyclic) bond motifs is 15. The Balaban J connectivity index is 0.813. The minimum Gasteiger partial charge on any atom is -0.456 e. The average molecular weight is 1000 g/mol. The summed E-state index contributed by atoms with van der Waals surface area (Å²) in [6.45, 7) is 0. The van der Waals surface area contributed by atoms with Gasteiger partial charge < -0.3 is 17.8 Å². The molecule has 0 aliphatic rings. The molecule has 0 aliphatic heterocycles. The van der Waals surface area contributed by atoms with E-state index in [1.54, 1.807) is 11.3 Å². The Morgan fingerprint density at radius 2 is 0.818 bits per heavy atom. The standard InChI is InChI=1S/C69H38N4O3S/c1-2-13-43(14-3-1)73-54-21-7-4-15-45(54)52-35-39(29-33-55(52)73)40-27-32-48-61(37-40)76-58-23-10-18-44(64(48)58)41-30-34-57-53(36-41)65-50(19-11-24-59(65)74-57)68-70-67(42-28-31-47-46-16-5-8-22-56(46)75-60(47)38-42)71-69(72-68)51-20-12-26-63-66(51)49-17-6-9-25-62(49)77-63/h1-38H. The van der Waals surface area contributed by atoms with Crippen LogP contribution in [0, 0.1) is 0 Å². The monoisotopic (exact) mass is 1000 g/mol. The number of furan rings is 3. The van der Waals surface area contributed by atoms with Crippen LogP contribution in [0.4, 0.5) is 0 Å². The normalized spacial score (nSPS) is 12.2. The van der Waals surface area contributed by atoms with E-state index in [2.05, 4.69) is 199 Å². The smallest absolute Gasteiger partial charge is 0.164 e. The van der Waals surface area contributed by atoms with E-state index < -0.39 is 0 Å². The Kier molecular flexibility index (Phi) is 8.87. The van der Waals surface area contributed by atoms with Crippen LogP contribution in [0.3, 0.4) is 0 Å². The van der Waals surface area contributed by atoms with Gasteiger partial charge in [0.15, 0.2) is 17.5 Å². The molecule has 17 aromatic rings. The van der Waals surface area contributed by atoms with E-state index in [1.807, 2.05) is 36.4 Å². The van der Waals surface area contributed by atoms with Gasteiger partial charge in [0.2, 0.25) is 0 Å². The maximum atomic E-state index is 6.75. The molecule has 0 spiro atoms. The van der Waals surface area contributed by atoms with Crippen molar-refractivity contribution in [3.8, 4) is 62.1 Å². The minimum absolute atomic E-state index is 0.546. The number of aromatic nitrogens is 4. The van der Waals surface area contributed by atoms with Crippen molar-refractivity contribution in [1.29, 1.82) is 0 Å². The molecule has 358 valence electrons. The maximum absolute atomic E-state index is 6.75. The van der Waals surface area contributed by atoms with Gasteiger partial charge in [-0.3, -0.25) is 0 Å². The molecule has 6 heterocycles. The third-order valence-corrected chi connectivity index (χ3v) is 16.6. The Hall–Kier alpha value is -10.2. The topological polar surface area (TPSA) is 83.0 Å². The second-order valence-electron chi connectivity index (χ2n) is 19.8. The lowest BCUT2D eigenvalue weighted by Gasteiger charge is -2.10. The molecule has 0 amide bonds. The number of hydrogen-bond donors (Lipinski definition) is 0. The number of para-hydroxylation sites is 3. The largest absolute Gasteiger partial charge is 0.456 e. The molecule has 11 aromatic carbocycles. The summed E-state index contributed by atoms with van der Waals surface area (Å²) >= 11 is 1.78. The van der Waals surface area contributed by atoms with Gasteiger partial charge in [0, 0.05) is 85.6 Å². The van der Waals surface area contributed by atoms with Gasteiger partial charge >= 0.3 is 0 Å². The highest BCUT2D eigenvalue weighted by Crippen LogP contribution is 2.45. The first-order valence-electron chi connectivity index (χ1n) is 25.7. The van der Waals surface area contributed by atoms with Gasteiger partial charge in [0.1, 0.15) is 33.5 Å². The molecule has 6 aromatic heterocycles. The fourth-order valence-corrected chi connectivity index (χ4v) is 13.1. The molecule has 0 N–H and O–H groups in total. The Labute approximate surface area is 442 Å². The van der Waals surface area contributed by atoms with Gasteiger partial charge in [-0.1, -0.05) is 133 Å². The molecule has 0 aliphatic carbocycles. The maximum Gasteiger partial charge on any atom is 0.164 e. The molecule has 0 bridgehead atoms. The van der Waals surface area contributed by atoms with Crippen molar-refractivity contribution in [3.05, 3.63) is 231 Å². The highest BCUT2D eigenvalue weighted by Gasteiger charge is 2.23. The summed E-state index contributed by atoms with van der Waals surface area (Å²) in [4.78, 5) is 16.0. The number of thiophene rings is 1. The SMILES string of the molecule is c1ccc(-n2c3ccccc3c3cc(-c4ccc5c(c4)oc4cccc(-c6ccc7oc8cccc(-c9nc(-c%10ccc%11c(c%10)oc%10ccccc%10%11)nc(-c%10cccc%11sc%12ccccc%12c%10%11)n9)c8c7c6)c45)ccc32)cc1. The molecule has 7 nitrogen and oxygen atoms in total. The van der Waals surface area contributed by atoms with Crippen LogP contribution in [0.5, 0.6) is 0 Å². The molecule has 0 unspecified atom stereocenters. The zero-order valence-corrected chi connectivity index (χ0v) is 41.7. The number of nitrogens with zero attached hydrogens (tertiary/aromatic N) is 4. The van der Waals surface area contributed by atoms with E-state index in [9.17, 15) is 0 Å². The van der Waals surface area contributed by atoms with Crippen LogP contribution in [-0.2, 0) is 0 Å². The van der Waals surface area contributed by atoms with Gasteiger partial charge in [-0.15, -0.1) is 11.3 Å². The van der Waals surface area contributed by atoms with Crippen molar-refractivity contribution in [2.75, 3.05) is 0 Å². The van der Waals surface area contributed by atoms with Gasteiger partial charge in [-0.2, -0.15) is 0 Å².